The van der Waals surface area contributed by atoms with E-state index in [1.165, 1.54) is 0 Å². The monoisotopic (exact) mass is 392 g/mol. The zero-order valence-electron chi connectivity index (χ0n) is 17.8. The zero-order chi connectivity index (χ0) is 20.6. The molecule has 28 heavy (non-hydrogen) atoms. The van der Waals surface area contributed by atoms with Crippen LogP contribution in [0.25, 0.3) is 0 Å². The van der Waals surface area contributed by atoms with Crippen molar-refractivity contribution in [3.63, 3.8) is 0 Å². The summed E-state index contributed by atoms with van der Waals surface area (Å²) in [6, 6.07) is -0.428. The fraction of sp³-hybridized carbons (Fsp3) is 0.857. The Morgan fingerprint density at radius 2 is 1.75 bits per heavy atom. The maximum Gasteiger partial charge on any atom is 0.325 e. The molecule has 2 heterocycles. The van der Waals surface area contributed by atoms with E-state index in [9.17, 15) is 14.4 Å². The molecule has 1 saturated carbocycles. The van der Waals surface area contributed by atoms with Gasteiger partial charge in [-0.05, 0) is 68.4 Å². The SMILES string of the molecule is CC1(CNC(=O)CN2C(=O)NC3(CCC(C(C)(C)C)CC3)C2=O)CCNCC1. The van der Waals surface area contributed by atoms with Gasteiger partial charge in [0.25, 0.3) is 5.91 Å². The van der Waals surface area contributed by atoms with Gasteiger partial charge in [0.15, 0.2) is 0 Å². The number of carbonyl (C=O) groups excluding carboxylic acids is 3. The summed E-state index contributed by atoms with van der Waals surface area (Å²) in [5, 5.41) is 9.17. The Hall–Kier alpha value is -1.63. The summed E-state index contributed by atoms with van der Waals surface area (Å²) < 4.78 is 0. The summed E-state index contributed by atoms with van der Waals surface area (Å²) in [4.78, 5) is 39.0. The van der Waals surface area contributed by atoms with E-state index in [-0.39, 0.29) is 29.2 Å². The van der Waals surface area contributed by atoms with Crippen LogP contribution < -0.4 is 16.0 Å². The molecular formula is C21H36N4O3. The van der Waals surface area contributed by atoms with E-state index < -0.39 is 11.6 Å². The number of urea groups is 1. The van der Waals surface area contributed by atoms with Crippen LogP contribution in [0, 0.1) is 16.7 Å². The number of nitrogens with zero attached hydrogens (tertiary/aromatic N) is 1. The molecule has 0 radical (unpaired) electrons. The van der Waals surface area contributed by atoms with E-state index in [2.05, 4.69) is 43.6 Å². The molecule has 0 atom stereocenters. The highest BCUT2D eigenvalue weighted by Crippen LogP contribution is 2.43. The van der Waals surface area contributed by atoms with Gasteiger partial charge in [-0.25, -0.2) is 4.79 Å². The second kappa shape index (κ2) is 7.65. The van der Waals surface area contributed by atoms with Crippen molar-refractivity contribution in [3.8, 4) is 0 Å². The molecule has 0 unspecified atom stereocenters. The van der Waals surface area contributed by atoms with Crippen molar-refractivity contribution in [2.75, 3.05) is 26.2 Å². The number of hydrogen-bond acceptors (Lipinski definition) is 4. The molecule has 2 saturated heterocycles. The van der Waals surface area contributed by atoms with Crippen LogP contribution in [-0.4, -0.2) is 54.5 Å². The van der Waals surface area contributed by atoms with Crippen molar-refractivity contribution in [2.45, 2.75) is 71.8 Å². The van der Waals surface area contributed by atoms with Gasteiger partial charge in [0.05, 0.1) is 0 Å². The summed E-state index contributed by atoms with van der Waals surface area (Å²) in [5.74, 6) is 0.0580. The van der Waals surface area contributed by atoms with Crippen LogP contribution in [0.3, 0.4) is 0 Å². The van der Waals surface area contributed by atoms with E-state index in [0.717, 1.165) is 43.7 Å². The molecule has 1 spiro atoms. The Morgan fingerprint density at radius 3 is 2.32 bits per heavy atom. The molecule has 2 aliphatic heterocycles. The number of carbonyl (C=O) groups is 3. The summed E-state index contributed by atoms with van der Waals surface area (Å²) in [5.41, 5.74) is -0.525. The van der Waals surface area contributed by atoms with Crippen LogP contribution in [0.1, 0.15) is 66.2 Å². The molecule has 1 aliphatic carbocycles. The fourth-order valence-electron chi connectivity index (χ4n) is 4.85. The molecule has 0 bridgehead atoms. The first kappa shape index (κ1) is 21.1. The van der Waals surface area contributed by atoms with E-state index >= 15 is 0 Å². The van der Waals surface area contributed by atoms with Gasteiger partial charge in [0.2, 0.25) is 5.91 Å². The number of hydrogen-bond donors (Lipinski definition) is 3. The number of amides is 4. The molecule has 7 heteroatoms. The van der Waals surface area contributed by atoms with Crippen molar-refractivity contribution in [1.29, 1.82) is 0 Å². The topological polar surface area (TPSA) is 90.5 Å². The minimum atomic E-state index is -0.805. The molecular weight excluding hydrogens is 356 g/mol. The highest BCUT2D eigenvalue weighted by Gasteiger charge is 2.53. The Bertz CT molecular complexity index is 626. The van der Waals surface area contributed by atoms with Crippen LogP contribution in [0.5, 0.6) is 0 Å². The van der Waals surface area contributed by atoms with Gasteiger partial charge in [0.1, 0.15) is 12.1 Å². The lowest BCUT2D eigenvalue weighted by Crippen LogP contribution is -2.51. The number of imide groups is 1. The van der Waals surface area contributed by atoms with Gasteiger partial charge >= 0.3 is 6.03 Å². The lowest BCUT2D eigenvalue weighted by molar-refractivity contribution is -0.136. The minimum absolute atomic E-state index is 0.0742. The van der Waals surface area contributed by atoms with E-state index in [1.54, 1.807) is 0 Å². The van der Waals surface area contributed by atoms with E-state index in [0.29, 0.717) is 25.3 Å². The van der Waals surface area contributed by atoms with Crippen LogP contribution >= 0.6 is 0 Å². The van der Waals surface area contributed by atoms with Gasteiger partial charge < -0.3 is 16.0 Å². The van der Waals surface area contributed by atoms with Gasteiger partial charge in [-0.1, -0.05) is 27.7 Å². The lowest BCUT2D eigenvalue weighted by Gasteiger charge is -2.40. The van der Waals surface area contributed by atoms with Crippen LogP contribution in [0.4, 0.5) is 4.79 Å². The number of nitrogens with one attached hydrogen (secondary N) is 3. The maximum atomic E-state index is 13.0. The van der Waals surface area contributed by atoms with Gasteiger partial charge in [0, 0.05) is 6.54 Å². The second-order valence-corrected chi connectivity index (χ2v) is 10.4. The molecule has 7 nitrogen and oxygen atoms in total. The van der Waals surface area contributed by atoms with Gasteiger partial charge in [-0.3, -0.25) is 14.5 Å². The van der Waals surface area contributed by atoms with Crippen molar-refractivity contribution < 1.29 is 14.4 Å². The molecule has 3 N–H and O–H groups in total. The first-order valence-electron chi connectivity index (χ1n) is 10.7. The predicted octanol–water partition coefficient (Wildman–Crippen LogP) is 2.02. The van der Waals surface area contributed by atoms with E-state index in [1.807, 2.05) is 0 Å². The van der Waals surface area contributed by atoms with Crippen molar-refractivity contribution >= 4 is 17.8 Å². The van der Waals surface area contributed by atoms with Crippen molar-refractivity contribution in [3.05, 3.63) is 0 Å². The smallest absolute Gasteiger partial charge is 0.325 e. The molecule has 3 aliphatic rings. The molecule has 3 fully saturated rings. The largest absolute Gasteiger partial charge is 0.354 e. The Labute approximate surface area is 168 Å². The van der Waals surface area contributed by atoms with Gasteiger partial charge in [-0.2, -0.15) is 0 Å². The molecule has 3 rings (SSSR count). The summed E-state index contributed by atoms with van der Waals surface area (Å²) in [6.45, 7) is 11.1. The van der Waals surface area contributed by atoms with Crippen molar-refractivity contribution in [2.24, 2.45) is 16.7 Å². The third-order valence-corrected chi connectivity index (χ3v) is 7.13. The summed E-state index contributed by atoms with van der Waals surface area (Å²) in [6.07, 6.45) is 5.16. The summed E-state index contributed by atoms with van der Waals surface area (Å²) >= 11 is 0. The standard InChI is InChI=1S/C21H36N4O3/c1-19(2,3)15-5-7-21(8-6-15)17(27)25(18(28)24-21)13-16(26)23-14-20(4)9-11-22-12-10-20/h15,22H,5-14H2,1-4H3,(H,23,26)(H,24,28). The zero-order valence-corrected chi connectivity index (χ0v) is 17.8. The molecule has 4 amide bonds. The highest BCUT2D eigenvalue weighted by molar-refractivity contribution is 6.09. The Balaban J connectivity index is 1.54. The fourth-order valence-corrected chi connectivity index (χ4v) is 4.85. The van der Waals surface area contributed by atoms with Crippen molar-refractivity contribution in [1.82, 2.24) is 20.9 Å². The first-order chi connectivity index (χ1) is 13.0. The number of rotatable bonds is 4. The molecule has 0 aromatic rings. The Morgan fingerprint density at radius 1 is 1.14 bits per heavy atom. The second-order valence-electron chi connectivity index (χ2n) is 10.4. The van der Waals surface area contributed by atoms with Gasteiger partial charge in [-0.15, -0.1) is 0 Å². The molecule has 0 aromatic carbocycles. The molecule has 0 aromatic heterocycles. The average Bonchev–Trinajstić information content (AvgIpc) is 2.84. The van der Waals surface area contributed by atoms with Crippen LogP contribution in [-0.2, 0) is 9.59 Å². The van der Waals surface area contributed by atoms with E-state index in [4.69, 9.17) is 0 Å². The normalized spacial score (nSPS) is 30.4. The summed E-state index contributed by atoms with van der Waals surface area (Å²) in [7, 11) is 0. The molecule has 158 valence electrons. The first-order valence-corrected chi connectivity index (χ1v) is 10.7. The van der Waals surface area contributed by atoms with Crippen LogP contribution in [0.2, 0.25) is 0 Å². The minimum Gasteiger partial charge on any atom is -0.354 e. The quantitative estimate of drug-likeness (QED) is 0.639. The van der Waals surface area contributed by atoms with Crippen LogP contribution in [0.15, 0.2) is 0 Å². The third kappa shape index (κ3) is 4.34. The maximum absolute atomic E-state index is 13.0. The third-order valence-electron chi connectivity index (χ3n) is 7.13. The average molecular weight is 393 g/mol. The predicted molar refractivity (Wildman–Crippen MR) is 108 cm³/mol. The Kier molecular flexibility index (Phi) is 5.76. The number of piperidine rings is 1. The highest BCUT2D eigenvalue weighted by atomic mass is 16.2. The lowest BCUT2D eigenvalue weighted by atomic mass is 9.67.